The third-order valence-electron chi connectivity index (χ3n) is 6.09. The van der Waals surface area contributed by atoms with Gasteiger partial charge >= 0.3 is 0 Å². The Hall–Kier alpha value is -1.30. The van der Waals surface area contributed by atoms with Crippen LogP contribution in [0, 0.1) is 0 Å². The van der Waals surface area contributed by atoms with Crippen molar-refractivity contribution < 1.29 is 9.47 Å². The minimum Gasteiger partial charge on any atom is -0.376 e. The van der Waals surface area contributed by atoms with E-state index in [1.54, 1.807) is 0 Å². The van der Waals surface area contributed by atoms with Gasteiger partial charge in [0.2, 0.25) is 0 Å². The van der Waals surface area contributed by atoms with E-state index in [4.69, 9.17) is 21.1 Å². The van der Waals surface area contributed by atoms with Crippen LogP contribution >= 0.6 is 11.6 Å². The van der Waals surface area contributed by atoms with Crippen molar-refractivity contribution in [1.82, 2.24) is 10.2 Å². The fraction of sp³-hybridized carbons (Fsp3) is 0.696. The van der Waals surface area contributed by atoms with Crippen molar-refractivity contribution >= 4 is 17.6 Å². The first kappa shape index (κ1) is 22.4. The first-order valence-corrected chi connectivity index (χ1v) is 11.5. The highest BCUT2D eigenvalue weighted by Crippen LogP contribution is 2.21. The summed E-state index contributed by atoms with van der Waals surface area (Å²) in [6.07, 6.45) is 7.40. The lowest BCUT2D eigenvalue weighted by molar-refractivity contribution is -0.0721. The van der Waals surface area contributed by atoms with E-state index >= 15 is 0 Å². The van der Waals surface area contributed by atoms with Crippen LogP contribution in [-0.4, -0.2) is 63.0 Å². The number of hydrogen-bond donors (Lipinski definition) is 1. The van der Waals surface area contributed by atoms with Crippen LogP contribution in [0.25, 0.3) is 0 Å². The molecule has 0 radical (unpaired) electrons. The number of rotatable bonds is 7. The standard InChI is InChI=1S/C23H36ClN3O2/c1-3-18(19-7-9-20(24)10-8-19)16-26-23(25-2)27-13-11-21(12-14-27)29-17-22-6-4-5-15-28-22/h7-10,18,21-22H,3-6,11-17H2,1-2H3,(H,25,26). The molecule has 162 valence electrons. The number of hydrogen-bond acceptors (Lipinski definition) is 3. The summed E-state index contributed by atoms with van der Waals surface area (Å²) in [7, 11) is 1.87. The fourth-order valence-electron chi connectivity index (χ4n) is 4.20. The largest absolute Gasteiger partial charge is 0.376 e. The van der Waals surface area contributed by atoms with Crippen molar-refractivity contribution in [2.24, 2.45) is 4.99 Å². The monoisotopic (exact) mass is 421 g/mol. The van der Waals surface area contributed by atoms with E-state index in [0.717, 1.165) is 69.5 Å². The molecule has 1 aromatic carbocycles. The number of guanidine groups is 1. The van der Waals surface area contributed by atoms with Gasteiger partial charge in [-0.1, -0.05) is 30.7 Å². The van der Waals surface area contributed by atoms with Crippen LogP contribution in [0.4, 0.5) is 0 Å². The third kappa shape index (κ3) is 6.87. The second-order valence-corrected chi connectivity index (χ2v) is 8.53. The van der Waals surface area contributed by atoms with E-state index in [-0.39, 0.29) is 0 Å². The maximum Gasteiger partial charge on any atom is 0.193 e. The average molecular weight is 422 g/mol. The van der Waals surface area contributed by atoms with Gasteiger partial charge in [0, 0.05) is 44.2 Å². The number of likely N-dealkylation sites (tertiary alicyclic amines) is 1. The summed E-state index contributed by atoms with van der Waals surface area (Å²) in [5.74, 6) is 1.44. The second-order valence-electron chi connectivity index (χ2n) is 8.09. The van der Waals surface area contributed by atoms with E-state index < -0.39 is 0 Å². The van der Waals surface area contributed by atoms with Gasteiger partial charge in [-0.3, -0.25) is 4.99 Å². The SMILES string of the molecule is CCC(CNC(=NC)N1CCC(OCC2CCCCO2)CC1)c1ccc(Cl)cc1. The molecule has 0 aromatic heterocycles. The Kier molecular flexibility index (Phi) is 9.09. The van der Waals surface area contributed by atoms with Crippen LogP contribution in [0.15, 0.2) is 29.3 Å². The molecule has 3 rings (SSSR count). The Bertz CT molecular complexity index is 624. The molecular formula is C23H36ClN3O2. The zero-order valence-electron chi connectivity index (χ0n) is 17.9. The highest BCUT2D eigenvalue weighted by Gasteiger charge is 2.24. The van der Waals surface area contributed by atoms with Gasteiger partial charge in [-0.2, -0.15) is 0 Å². The molecule has 5 nitrogen and oxygen atoms in total. The molecular weight excluding hydrogens is 386 g/mol. The summed E-state index contributed by atoms with van der Waals surface area (Å²) < 4.78 is 11.9. The van der Waals surface area contributed by atoms with Crippen LogP contribution in [0.2, 0.25) is 5.02 Å². The predicted octanol–water partition coefficient (Wildman–Crippen LogP) is 4.46. The van der Waals surface area contributed by atoms with E-state index in [2.05, 4.69) is 34.3 Å². The van der Waals surface area contributed by atoms with E-state index in [0.29, 0.717) is 18.1 Å². The van der Waals surface area contributed by atoms with E-state index in [9.17, 15) is 0 Å². The van der Waals surface area contributed by atoms with E-state index in [1.807, 2.05) is 19.2 Å². The summed E-state index contributed by atoms with van der Waals surface area (Å²) in [5, 5.41) is 4.37. The lowest BCUT2D eigenvalue weighted by Crippen LogP contribution is -2.48. The number of ether oxygens (including phenoxy) is 2. The Balaban J connectivity index is 1.41. The summed E-state index contributed by atoms with van der Waals surface area (Å²) >= 11 is 6.03. The molecule has 1 N–H and O–H groups in total. The topological polar surface area (TPSA) is 46.1 Å². The molecule has 6 heteroatoms. The van der Waals surface area contributed by atoms with Crippen LogP contribution in [0.5, 0.6) is 0 Å². The minimum absolute atomic E-state index is 0.301. The molecule has 29 heavy (non-hydrogen) atoms. The molecule has 0 amide bonds. The predicted molar refractivity (Wildman–Crippen MR) is 120 cm³/mol. The quantitative estimate of drug-likeness (QED) is 0.521. The van der Waals surface area contributed by atoms with Crippen LogP contribution < -0.4 is 5.32 Å². The zero-order chi connectivity index (χ0) is 20.5. The zero-order valence-corrected chi connectivity index (χ0v) is 18.7. The Morgan fingerprint density at radius 1 is 1.24 bits per heavy atom. The molecule has 2 aliphatic heterocycles. The van der Waals surface area contributed by atoms with Crippen molar-refractivity contribution in [3.05, 3.63) is 34.9 Å². The molecule has 2 aliphatic rings. The Morgan fingerprint density at radius 3 is 2.62 bits per heavy atom. The number of nitrogens with one attached hydrogen (secondary N) is 1. The molecule has 0 spiro atoms. The smallest absolute Gasteiger partial charge is 0.193 e. The summed E-state index contributed by atoms with van der Waals surface area (Å²) in [6.45, 7) is 6.70. The van der Waals surface area contributed by atoms with Gasteiger partial charge < -0.3 is 19.7 Å². The van der Waals surface area contributed by atoms with Crippen molar-refractivity contribution in [2.45, 2.75) is 63.6 Å². The first-order chi connectivity index (χ1) is 14.2. The van der Waals surface area contributed by atoms with Crippen molar-refractivity contribution in [3.8, 4) is 0 Å². The molecule has 0 aliphatic carbocycles. The average Bonchev–Trinajstić information content (AvgIpc) is 2.77. The van der Waals surface area contributed by atoms with Gasteiger partial charge in [0.15, 0.2) is 5.96 Å². The fourth-order valence-corrected chi connectivity index (χ4v) is 4.32. The third-order valence-corrected chi connectivity index (χ3v) is 6.34. The van der Waals surface area contributed by atoms with Crippen molar-refractivity contribution in [1.29, 1.82) is 0 Å². The van der Waals surface area contributed by atoms with Gasteiger partial charge in [-0.15, -0.1) is 0 Å². The maximum atomic E-state index is 6.14. The number of benzene rings is 1. The molecule has 1 aromatic rings. The summed E-state index contributed by atoms with van der Waals surface area (Å²) in [5.41, 5.74) is 1.32. The Labute approximate surface area is 180 Å². The number of halogens is 1. The van der Waals surface area contributed by atoms with Gasteiger partial charge in [0.25, 0.3) is 0 Å². The van der Waals surface area contributed by atoms with Crippen molar-refractivity contribution in [2.75, 3.05) is 39.9 Å². The lowest BCUT2D eigenvalue weighted by atomic mass is 9.96. The molecule has 0 saturated carbocycles. The molecule has 0 bridgehead atoms. The van der Waals surface area contributed by atoms with Gasteiger partial charge in [0.05, 0.1) is 18.8 Å². The summed E-state index contributed by atoms with van der Waals surface area (Å²) in [6, 6.07) is 8.19. The van der Waals surface area contributed by atoms with Crippen molar-refractivity contribution in [3.63, 3.8) is 0 Å². The first-order valence-electron chi connectivity index (χ1n) is 11.1. The van der Waals surface area contributed by atoms with Crippen LogP contribution in [-0.2, 0) is 9.47 Å². The lowest BCUT2D eigenvalue weighted by Gasteiger charge is -2.35. The number of piperidine rings is 1. The normalized spacial score (nSPS) is 22.5. The van der Waals surface area contributed by atoms with Gasteiger partial charge in [0.1, 0.15) is 0 Å². The maximum absolute atomic E-state index is 6.14. The molecule has 2 atom stereocenters. The highest BCUT2D eigenvalue weighted by atomic mass is 35.5. The second kappa shape index (κ2) is 11.8. The Morgan fingerprint density at radius 2 is 2.00 bits per heavy atom. The molecule has 2 unspecified atom stereocenters. The minimum atomic E-state index is 0.301. The highest BCUT2D eigenvalue weighted by molar-refractivity contribution is 6.30. The molecule has 2 heterocycles. The van der Waals surface area contributed by atoms with Crippen LogP contribution in [0.1, 0.15) is 56.9 Å². The number of nitrogens with zero attached hydrogens (tertiary/aromatic N) is 2. The molecule has 2 fully saturated rings. The van der Waals surface area contributed by atoms with Gasteiger partial charge in [-0.05, 0) is 56.2 Å². The molecule has 2 saturated heterocycles. The van der Waals surface area contributed by atoms with E-state index in [1.165, 1.54) is 18.4 Å². The number of aliphatic imine (C=N–C) groups is 1. The van der Waals surface area contributed by atoms with Crippen LogP contribution in [0.3, 0.4) is 0 Å². The van der Waals surface area contributed by atoms with Gasteiger partial charge in [-0.25, -0.2) is 0 Å². The summed E-state index contributed by atoms with van der Waals surface area (Å²) in [4.78, 5) is 6.87.